The van der Waals surface area contributed by atoms with Gasteiger partial charge in [-0.3, -0.25) is 33.7 Å². The molecular formula is C23H24N2O9. The predicted molar refractivity (Wildman–Crippen MR) is 113 cm³/mol. The monoisotopic (exact) mass is 472 g/mol. The van der Waals surface area contributed by atoms with Crippen molar-refractivity contribution >= 4 is 35.3 Å². The fourth-order valence-electron chi connectivity index (χ4n) is 6.21. The molecule has 3 aliphatic rings. The maximum Gasteiger partial charge on any atom is 0.235 e. The number of primary amides is 1. The average molecular weight is 472 g/mol. The molecule has 1 aromatic rings. The van der Waals surface area contributed by atoms with Crippen LogP contribution in [0.15, 0.2) is 12.1 Å². The van der Waals surface area contributed by atoms with Gasteiger partial charge in [0.2, 0.25) is 5.91 Å². The summed E-state index contributed by atoms with van der Waals surface area (Å²) in [5.41, 5.74) is 2.09. The van der Waals surface area contributed by atoms with Gasteiger partial charge in [0.25, 0.3) is 0 Å². The number of carbonyl (C=O) groups excluding carboxylic acids is 6. The molecule has 4 rings (SSSR count). The lowest BCUT2D eigenvalue weighted by Gasteiger charge is -2.56. The number of aliphatic hydroxyl groups excluding tert-OH is 1. The number of benzene rings is 1. The number of aromatic hydroxyl groups is 1. The van der Waals surface area contributed by atoms with E-state index < -0.39 is 82.1 Å². The van der Waals surface area contributed by atoms with Crippen molar-refractivity contribution in [2.24, 2.45) is 29.4 Å². The van der Waals surface area contributed by atoms with Crippen LogP contribution in [-0.2, 0) is 19.2 Å². The van der Waals surface area contributed by atoms with Crippen LogP contribution >= 0.6 is 0 Å². The second-order valence-electron chi connectivity index (χ2n) is 9.45. The van der Waals surface area contributed by atoms with E-state index in [1.807, 2.05) is 0 Å². The number of ketones is 4. The van der Waals surface area contributed by atoms with Gasteiger partial charge in [-0.15, -0.1) is 0 Å². The molecule has 1 amide bonds. The molecule has 1 aromatic carbocycles. The Balaban J connectivity index is 1.99. The van der Waals surface area contributed by atoms with Gasteiger partial charge < -0.3 is 21.1 Å². The van der Waals surface area contributed by atoms with Gasteiger partial charge in [-0.25, -0.2) is 0 Å². The van der Waals surface area contributed by atoms with Crippen molar-refractivity contribution in [3.8, 4) is 5.75 Å². The number of hydrogen-bond donors (Lipinski definition) is 4. The van der Waals surface area contributed by atoms with E-state index in [2.05, 4.69) is 0 Å². The molecule has 0 spiro atoms. The summed E-state index contributed by atoms with van der Waals surface area (Å²) in [5.74, 6) is -14.2. The Labute approximate surface area is 193 Å². The molecule has 8 atom stereocenters. The lowest BCUT2D eigenvalue weighted by Crippen LogP contribution is -2.77. The molecule has 34 heavy (non-hydrogen) atoms. The second-order valence-corrected chi connectivity index (χ2v) is 9.45. The SMILES string of the molecule is CC1c2c(C=O)ccc(O)c2C(=O)C2C(=O)C3(O)C(=O)C(C(N)=O)C(=O)C(N(C)C)C3C(O)C21. The number of nitrogens with zero attached hydrogens (tertiary/aromatic N) is 1. The van der Waals surface area contributed by atoms with Crippen molar-refractivity contribution in [2.75, 3.05) is 14.1 Å². The largest absolute Gasteiger partial charge is 0.507 e. The first kappa shape index (κ1) is 23.9. The molecular weight excluding hydrogens is 448 g/mol. The van der Waals surface area contributed by atoms with Crippen LogP contribution in [0.1, 0.15) is 39.1 Å². The number of rotatable bonds is 3. The average Bonchev–Trinajstić information content (AvgIpc) is 2.75. The lowest BCUT2D eigenvalue weighted by molar-refractivity contribution is -0.196. The van der Waals surface area contributed by atoms with Gasteiger partial charge in [0.15, 0.2) is 34.7 Å². The topological polar surface area (TPSA) is 192 Å². The molecule has 0 aromatic heterocycles. The fraction of sp³-hybridized carbons (Fsp3) is 0.478. The van der Waals surface area contributed by atoms with Crippen LogP contribution < -0.4 is 5.73 Å². The van der Waals surface area contributed by atoms with Gasteiger partial charge >= 0.3 is 0 Å². The zero-order valence-electron chi connectivity index (χ0n) is 18.6. The third kappa shape index (κ3) is 2.74. The van der Waals surface area contributed by atoms with Gasteiger partial charge in [-0.05, 0) is 37.7 Å². The fourth-order valence-corrected chi connectivity index (χ4v) is 6.21. The number of amides is 1. The molecule has 180 valence electrons. The van der Waals surface area contributed by atoms with Crippen LogP contribution in [0.2, 0.25) is 0 Å². The van der Waals surface area contributed by atoms with Crippen LogP contribution in [0, 0.1) is 23.7 Å². The highest BCUT2D eigenvalue weighted by atomic mass is 16.3. The standard InChI is InChI=1S/C23H24N2O9/c1-7-10-8(6-26)4-5-9(27)12(10)17(28)13-11(7)18(29)15-16(25(2)3)19(30)14(22(24)33)21(32)23(15,34)20(13)31/h4-7,11,13-16,18,27,29,34H,1-3H3,(H2,24,33). The van der Waals surface area contributed by atoms with Gasteiger partial charge in [0.05, 0.1) is 29.5 Å². The molecule has 11 heteroatoms. The molecule has 0 bridgehead atoms. The highest BCUT2D eigenvalue weighted by molar-refractivity contribution is 6.32. The first-order valence-corrected chi connectivity index (χ1v) is 10.7. The number of Topliss-reactive ketones (excluding diaryl/α,β-unsaturated/α-hetero) is 4. The normalized spacial score (nSPS) is 37.2. The van der Waals surface area contributed by atoms with E-state index in [-0.39, 0.29) is 16.7 Å². The second kappa shape index (κ2) is 7.62. The van der Waals surface area contributed by atoms with Crippen LogP contribution in [0.4, 0.5) is 0 Å². The van der Waals surface area contributed by atoms with E-state index >= 15 is 0 Å². The van der Waals surface area contributed by atoms with Crippen LogP contribution in [0.5, 0.6) is 5.75 Å². The predicted octanol–water partition coefficient (Wildman–Crippen LogP) is -1.79. The Morgan fingerprint density at radius 3 is 2.29 bits per heavy atom. The minimum absolute atomic E-state index is 0.0707. The number of aliphatic hydroxyl groups is 2. The Kier molecular flexibility index (Phi) is 5.35. The molecule has 8 unspecified atom stereocenters. The smallest absolute Gasteiger partial charge is 0.235 e. The van der Waals surface area contributed by atoms with Crippen molar-refractivity contribution in [2.45, 2.75) is 30.6 Å². The Hall–Kier alpha value is -3.28. The number of fused-ring (bicyclic) bond motifs is 3. The molecule has 0 heterocycles. The molecule has 2 fully saturated rings. The van der Waals surface area contributed by atoms with E-state index in [0.29, 0.717) is 6.29 Å². The summed E-state index contributed by atoms with van der Waals surface area (Å²) in [6, 6.07) is 0.968. The minimum Gasteiger partial charge on any atom is -0.507 e. The van der Waals surface area contributed by atoms with E-state index in [1.54, 1.807) is 6.92 Å². The number of likely N-dealkylation sites (N-methyl/N-ethyl adjacent to an activating group) is 1. The Bertz CT molecular complexity index is 1180. The van der Waals surface area contributed by atoms with Crippen molar-refractivity contribution in [3.05, 3.63) is 28.8 Å². The first-order chi connectivity index (χ1) is 15.8. The lowest BCUT2D eigenvalue weighted by atomic mass is 9.49. The van der Waals surface area contributed by atoms with Crippen LogP contribution in [0.25, 0.3) is 0 Å². The maximum absolute atomic E-state index is 13.7. The van der Waals surface area contributed by atoms with Crippen molar-refractivity contribution < 1.29 is 44.1 Å². The van der Waals surface area contributed by atoms with E-state index in [0.717, 1.165) is 6.07 Å². The molecule has 0 aliphatic heterocycles. The van der Waals surface area contributed by atoms with E-state index in [1.165, 1.54) is 25.1 Å². The van der Waals surface area contributed by atoms with Crippen molar-refractivity contribution in [3.63, 3.8) is 0 Å². The van der Waals surface area contributed by atoms with Gasteiger partial charge in [0, 0.05) is 11.5 Å². The summed E-state index contributed by atoms with van der Waals surface area (Å²) in [6.07, 6.45) is -1.26. The van der Waals surface area contributed by atoms with E-state index in [9.17, 15) is 44.1 Å². The summed E-state index contributed by atoms with van der Waals surface area (Å²) in [5, 5.41) is 33.3. The Morgan fingerprint density at radius 2 is 1.76 bits per heavy atom. The highest BCUT2D eigenvalue weighted by Gasteiger charge is 2.72. The zero-order valence-corrected chi connectivity index (χ0v) is 18.6. The number of aldehydes is 1. The zero-order chi connectivity index (χ0) is 25.4. The number of phenolic OH excluding ortho intramolecular Hbond substituents is 1. The van der Waals surface area contributed by atoms with Gasteiger partial charge in [0.1, 0.15) is 12.0 Å². The maximum atomic E-state index is 13.7. The Morgan fingerprint density at radius 1 is 1.15 bits per heavy atom. The quantitative estimate of drug-likeness (QED) is 0.288. The molecule has 2 saturated carbocycles. The first-order valence-electron chi connectivity index (χ1n) is 10.7. The summed E-state index contributed by atoms with van der Waals surface area (Å²) in [7, 11) is 2.82. The summed E-state index contributed by atoms with van der Waals surface area (Å²) < 4.78 is 0. The summed E-state index contributed by atoms with van der Waals surface area (Å²) in [6.45, 7) is 1.54. The molecule has 0 saturated heterocycles. The molecule has 11 nitrogen and oxygen atoms in total. The van der Waals surface area contributed by atoms with Crippen molar-refractivity contribution in [1.29, 1.82) is 0 Å². The third-order valence-corrected chi connectivity index (χ3v) is 7.63. The van der Waals surface area contributed by atoms with E-state index in [4.69, 9.17) is 5.73 Å². The number of hydrogen-bond acceptors (Lipinski definition) is 10. The number of carbonyl (C=O) groups is 6. The molecule has 3 aliphatic carbocycles. The third-order valence-electron chi connectivity index (χ3n) is 7.63. The molecule has 5 N–H and O–H groups in total. The van der Waals surface area contributed by atoms with Gasteiger partial charge in [-0.2, -0.15) is 0 Å². The summed E-state index contributed by atoms with van der Waals surface area (Å²) >= 11 is 0. The number of nitrogens with two attached hydrogens (primary N) is 1. The summed E-state index contributed by atoms with van der Waals surface area (Å²) in [4.78, 5) is 78.3. The molecule has 0 radical (unpaired) electrons. The van der Waals surface area contributed by atoms with Gasteiger partial charge in [-0.1, -0.05) is 6.92 Å². The number of phenols is 1. The highest BCUT2D eigenvalue weighted by Crippen LogP contribution is 2.54. The van der Waals surface area contributed by atoms with Crippen LogP contribution in [-0.4, -0.2) is 87.4 Å². The minimum atomic E-state index is -3.05. The van der Waals surface area contributed by atoms with Crippen molar-refractivity contribution in [1.82, 2.24) is 4.90 Å². The van der Waals surface area contributed by atoms with Crippen LogP contribution in [0.3, 0.4) is 0 Å².